The number of carboxylic acids is 1. The van der Waals surface area contributed by atoms with Crippen molar-refractivity contribution in [1.29, 1.82) is 0 Å². The third-order valence-electron chi connectivity index (χ3n) is 1.96. The Balaban J connectivity index is 3.40. The largest absolute Gasteiger partial charge is 0.480 e. The van der Waals surface area contributed by atoms with Gasteiger partial charge in [-0.15, -0.1) is 0 Å². The Hall–Kier alpha value is -1.86. The first-order valence-electron chi connectivity index (χ1n) is 4.07. The fraction of sp³-hybridized carbons (Fsp3) is 0.125. The first-order chi connectivity index (χ1) is 7.36. The van der Waals surface area contributed by atoms with Crippen LogP contribution in [0.15, 0.2) is 12.1 Å². The molecule has 0 saturated heterocycles. The molecule has 0 radical (unpaired) electrons. The lowest BCUT2D eigenvalue weighted by Gasteiger charge is -2.09. The molecule has 0 unspecified atom stereocenters. The van der Waals surface area contributed by atoms with Crippen LogP contribution in [-0.2, 0) is 4.79 Å². The smallest absolute Gasteiger partial charge is 0.325 e. The second-order valence-electron chi connectivity index (χ2n) is 2.98. The van der Waals surface area contributed by atoms with Crippen molar-refractivity contribution in [1.82, 2.24) is 0 Å². The van der Waals surface area contributed by atoms with E-state index in [-0.39, 0.29) is 16.3 Å². The van der Waals surface area contributed by atoms with Crippen molar-refractivity contribution in [3.8, 4) is 0 Å². The second kappa shape index (κ2) is 4.33. The fourth-order valence-corrected chi connectivity index (χ4v) is 1.51. The highest BCUT2D eigenvalue weighted by Crippen LogP contribution is 2.35. The van der Waals surface area contributed by atoms with Crippen LogP contribution in [0.3, 0.4) is 0 Å². The molecule has 8 heteroatoms. The molecular weight excluding hydrogens is 238 g/mol. The maximum atomic E-state index is 10.6. The summed E-state index contributed by atoms with van der Waals surface area (Å²) in [6.45, 7) is 0. The molecular formula is C8H8ClN3O4. The van der Waals surface area contributed by atoms with Crippen LogP contribution < -0.4 is 11.5 Å². The molecule has 0 aromatic heterocycles. The first kappa shape index (κ1) is 12.2. The van der Waals surface area contributed by atoms with Crippen LogP contribution >= 0.6 is 11.6 Å². The Labute approximate surface area is 94.8 Å². The Kier molecular flexibility index (Phi) is 3.31. The summed E-state index contributed by atoms with van der Waals surface area (Å²) in [5, 5.41) is 19.0. The number of nitrogen functional groups attached to an aromatic ring is 1. The van der Waals surface area contributed by atoms with E-state index < -0.39 is 22.6 Å². The normalized spacial score (nSPS) is 12.1. The molecule has 0 amide bonds. The van der Waals surface area contributed by atoms with Crippen molar-refractivity contribution in [2.45, 2.75) is 6.04 Å². The molecule has 0 bridgehead atoms. The molecule has 0 aliphatic heterocycles. The van der Waals surface area contributed by atoms with Crippen LogP contribution in [0.1, 0.15) is 11.6 Å². The van der Waals surface area contributed by atoms with Crippen LogP contribution in [0.25, 0.3) is 0 Å². The predicted octanol–water partition coefficient (Wildman–Crippen LogP) is 0.915. The first-order valence-corrected chi connectivity index (χ1v) is 4.44. The minimum Gasteiger partial charge on any atom is -0.480 e. The van der Waals surface area contributed by atoms with Gasteiger partial charge in [0.2, 0.25) is 0 Å². The number of carbonyl (C=O) groups is 1. The van der Waals surface area contributed by atoms with Crippen LogP contribution in [-0.4, -0.2) is 16.0 Å². The highest BCUT2D eigenvalue weighted by molar-refractivity contribution is 6.34. The average Bonchev–Trinajstić information content (AvgIpc) is 2.16. The van der Waals surface area contributed by atoms with E-state index in [0.717, 1.165) is 0 Å². The van der Waals surface area contributed by atoms with Gasteiger partial charge in [-0.2, -0.15) is 0 Å². The average molecular weight is 246 g/mol. The summed E-state index contributed by atoms with van der Waals surface area (Å²) in [5.41, 5.74) is 9.94. The zero-order valence-electron chi connectivity index (χ0n) is 7.88. The number of benzene rings is 1. The van der Waals surface area contributed by atoms with E-state index in [1.807, 2.05) is 0 Å². The van der Waals surface area contributed by atoms with Gasteiger partial charge in [-0.1, -0.05) is 17.7 Å². The van der Waals surface area contributed by atoms with Crippen molar-refractivity contribution in [2.24, 2.45) is 5.73 Å². The van der Waals surface area contributed by atoms with Crippen molar-refractivity contribution in [3.05, 3.63) is 32.8 Å². The summed E-state index contributed by atoms with van der Waals surface area (Å²) >= 11 is 5.68. The van der Waals surface area contributed by atoms with Crippen molar-refractivity contribution >= 4 is 28.9 Å². The van der Waals surface area contributed by atoms with Gasteiger partial charge in [0.15, 0.2) is 0 Å². The molecule has 0 saturated carbocycles. The Morgan fingerprint density at radius 3 is 2.56 bits per heavy atom. The Bertz CT molecular complexity index is 463. The molecule has 1 aromatic carbocycles. The maximum Gasteiger partial charge on any atom is 0.325 e. The molecule has 0 fully saturated rings. The number of aliphatic carboxylic acids is 1. The minimum atomic E-state index is -1.42. The quantitative estimate of drug-likeness (QED) is 0.412. The van der Waals surface area contributed by atoms with E-state index in [1.165, 1.54) is 12.1 Å². The monoisotopic (exact) mass is 245 g/mol. The van der Waals surface area contributed by atoms with E-state index >= 15 is 0 Å². The van der Waals surface area contributed by atoms with Crippen LogP contribution in [0.2, 0.25) is 5.02 Å². The van der Waals surface area contributed by atoms with Crippen molar-refractivity contribution < 1.29 is 14.8 Å². The van der Waals surface area contributed by atoms with Gasteiger partial charge >= 0.3 is 11.7 Å². The summed E-state index contributed by atoms with van der Waals surface area (Å²) in [6, 6.07) is 1.03. The van der Waals surface area contributed by atoms with Gasteiger partial charge < -0.3 is 16.6 Å². The highest BCUT2D eigenvalue weighted by Gasteiger charge is 2.25. The zero-order valence-corrected chi connectivity index (χ0v) is 8.64. The molecule has 0 spiro atoms. The van der Waals surface area contributed by atoms with Crippen LogP contribution in [0.5, 0.6) is 0 Å². The van der Waals surface area contributed by atoms with Gasteiger partial charge in [0.05, 0.1) is 4.92 Å². The minimum absolute atomic E-state index is 0.0462. The predicted molar refractivity (Wildman–Crippen MR) is 57.1 cm³/mol. The molecule has 1 atom stereocenters. The van der Waals surface area contributed by atoms with E-state index in [0.29, 0.717) is 0 Å². The molecule has 0 heterocycles. The van der Waals surface area contributed by atoms with Crippen LogP contribution in [0.4, 0.5) is 11.4 Å². The molecule has 5 N–H and O–H groups in total. The summed E-state index contributed by atoms with van der Waals surface area (Å²) in [5.74, 6) is -1.33. The lowest BCUT2D eigenvalue weighted by molar-refractivity contribution is -0.383. The fourth-order valence-electron chi connectivity index (χ4n) is 1.15. The second-order valence-corrected chi connectivity index (χ2v) is 3.36. The van der Waals surface area contributed by atoms with Crippen LogP contribution in [0, 0.1) is 10.1 Å². The number of carboxylic acid groups (broad SMARTS) is 1. The molecule has 1 rings (SSSR count). The molecule has 0 aliphatic rings. The zero-order chi connectivity index (χ0) is 12.5. The molecule has 1 aromatic rings. The number of nitrogens with zero attached hydrogens (tertiary/aromatic N) is 1. The van der Waals surface area contributed by atoms with E-state index in [1.54, 1.807) is 0 Å². The topological polar surface area (TPSA) is 132 Å². The summed E-state index contributed by atoms with van der Waals surface area (Å²) < 4.78 is 0. The highest BCUT2D eigenvalue weighted by atomic mass is 35.5. The van der Waals surface area contributed by atoms with Gasteiger partial charge in [-0.25, -0.2) is 0 Å². The number of hydrogen-bond acceptors (Lipinski definition) is 5. The summed E-state index contributed by atoms with van der Waals surface area (Å²) in [6.07, 6.45) is 0. The number of nitrogens with two attached hydrogens (primary N) is 2. The van der Waals surface area contributed by atoms with Crippen molar-refractivity contribution in [2.75, 3.05) is 5.73 Å². The van der Waals surface area contributed by atoms with Gasteiger partial charge in [-0.05, 0) is 6.07 Å². The summed E-state index contributed by atoms with van der Waals surface area (Å²) in [7, 11) is 0. The SMILES string of the molecule is Nc1ccc([C@H](N)C(=O)O)c(Cl)c1[N+](=O)[O-]. The number of nitro groups is 1. The van der Waals surface area contributed by atoms with E-state index in [2.05, 4.69) is 0 Å². The number of anilines is 1. The molecule has 7 nitrogen and oxygen atoms in total. The number of halogens is 1. The maximum absolute atomic E-state index is 10.6. The van der Waals surface area contributed by atoms with E-state index in [9.17, 15) is 14.9 Å². The Morgan fingerprint density at radius 2 is 2.12 bits per heavy atom. The lowest BCUT2D eigenvalue weighted by Crippen LogP contribution is -2.21. The summed E-state index contributed by atoms with van der Waals surface area (Å²) in [4.78, 5) is 20.5. The molecule has 86 valence electrons. The van der Waals surface area contributed by atoms with Gasteiger partial charge in [-0.3, -0.25) is 14.9 Å². The standard InChI is InChI=1S/C8H8ClN3O4/c9-5-3(6(11)8(13)14)1-2-4(10)7(5)12(15)16/h1-2,6H,10-11H2,(H,13,14)/t6-/m0/s1. The third-order valence-corrected chi connectivity index (χ3v) is 2.36. The Morgan fingerprint density at radius 1 is 1.56 bits per heavy atom. The van der Waals surface area contributed by atoms with Gasteiger partial charge in [0.1, 0.15) is 16.8 Å². The lowest BCUT2D eigenvalue weighted by atomic mass is 10.1. The van der Waals surface area contributed by atoms with E-state index in [4.69, 9.17) is 28.2 Å². The molecule has 0 aliphatic carbocycles. The number of rotatable bonds is 3. The number of hydrogen-bond donors (Lipinski definition) is 3. The third kappa shape index (κ3) is 2.05. The number of nitro benzene ring substituents is 1. The van der Waals surface area contributed by atoms with Crippen molar-refractivity contribution in [3.63, 3.8) is 0 Å². The van der Waals surface area contributed by atoms with Gasteiger partial charge in [0, 0.05) is 5.56 Å². The van der Waals surface area contributed by atoms with Gasteiger partial charge in [0.25, 0.3) is 0 Å². The molecule has 16 heavy (non-hydrogen) atoms.